The summed E-state index contributed by atoms with van der Waals surface area (Å²) in [6.07, 6.45) is 0. The number of ether oxygens (including phenoxy) is 1. The predicted octanol–water partition coefficient (Wildman–Crippen LogP) is 3.63. The molecule has 1 amide bonds. The summed E-state index contributed by atoms with van der Waals surface area (Å²) >= 11 is 0. The minimum atomic E-state index is -0.343. The molecule has 0 spiro atoms. The summed E-state index contributed by atoms with van der Waals surface area (Å²) in [4.78, 5) is 12.3. The molecule has 0 unspecified atom stereocenters. The highest BCUT2D eigenvalue weighted by atomic mass is 16.5. The van der Waals surface area contributed by atoms with Gasteiger partial charge in [0.1, 0.15) is 11.4 Å². The van der Waals surface area contributed by atoms with Gasteiger partial charge in [0.2, 0.25) is 0 Å². The maximum atomic E-state index is 12.3. The van der Waals surface area contributed by atoms with Gasteiger partial charge in [0.25, 0.3) is 5.91 Å². The number of aromatic nitrogens is 2. The third-order valence-electron chi connectivity index (χ3n) is 3.80. The molecule has 1 aromatic heterocycles. The second-order valence-corrected chi connectivity index (χ2v) is 5.63. The largest absolute Gasteiger partial charge is 0.494 e. The Morgan fingerprint density at radius 3 is 2.58 bits per heavy atom. The first-order chi connectivity index (χ1) is 12.7. The van der Waals surface area contributed by atoms with Gasteiger partial charge >= 0.3 is 0 Å². The van der Waals surface area contributed by atoms with Crippen molar-refractivity contribution < 1.29 is 9.53 Å². The zero-order valence-electron chi connectivity index (χ0n) is 14.7. The van der Waals surface area contributed by atoms with Crippen molar-refractivity contribution in [2.45, 2.75) is 13.8 Å². The van der Waals surface area contributed by atoms with E-state index in [1.54, 1.807) is 6.07 Å². The third-order valence-corrected chi connectivity index (χ3v) is 3.80. The molecule has 3 aromatic rings. The molecule has 0 atom stereocenters. The molecule has 132 valence electrons. The fourth-order valence-electron chi connectivity index (χ4n) is 2.41. The van der Waals surface area contributed by atoms with Gasteiger partial charge in [-0.1, -0.05) is 30.3 Å². The van der Waals surface area contributed by atoms with Crippen molar-refractivity contribution in [1.29, 1.82) is 0 Å². The van der Waals surface area contributed by atoms with Gasteiger partial charge in [-0.2, -0.15) is 10.2 Å². The average molecular weight is 348 g/mol. The number of amides is 1. The SMILES string of the molecule is CCOc1ccc(/C(C)=N/NC(=O)c2cc(-c3ccccc3)n[nH]2)cc1. The number of H-pyrrole nitrogens is 1. The molecule has 0 saturated heterocycles. The standard InChI is InChI=1S/C20H20N4O2/c1-3-26-17-11-9-15(10-12-17)14(2)21-24-20(25)19-13-18(22-23-19)16-7-5-4-6-8-16/h4-13H,3H2,1-2H3,(H,22,23)(H,24,25)/b21-14+. The van der Waals surface area contributed by atoms with Crippen LogP contribution < -0.4 is 10.2 Å². The highest BCUT2D eigenvalue weighted by Gasteiger charge is 2.10. The van der Waals surface area contributed by atoms with E-state index in [4.69, 9.17) is 4.74 Å². The second-order valence-electron chi connectivity index (χ2n) is 5.63. The van der Waals surface area contributed by atoms with Gasteiger partial charge in [-0.05, 0) is 49.7 Å². The van der Waals surface area contributed by atoms with Gasteiger partial charge in [0.05, 0.1) is 18.0 Å². The van der Waals surface area contributed by atoms with Crippen LogP contribution in [0.4, 0.5) is 0 Å². The highest BCUT2D eigenvalue weighted by Crippen LogP contribution is 2.17. The molecule has 0 saturated carbocycles. The molecule has 0 aliphatic rings. The Labute approximate surface area is 151 Å². The normalized spacial score (nSPS) is 11.2. The van der Waals surface area contributed by atoms with Crippen molar-refractivity contribution >= 4 is 11.6 Å². The van der Waals surface area contributed by atoms with Crippen LogP contribution in [-0.4, -0.2) is 28.4 Å². The van der Waals surface area contributed by atoms with Crippen LogP contribution >= 0.6 is 0 Å². The number of carbonyl (C=O) groups is 1. The van der Waals surface area contributed by atoms with E-state index >= 15 is 0 Å². The van der Waals surface area contributed by atoms with Crippen molar-refractivity contribution in [2.75, 3.05) is 6.61 Å². The molecule has 2 aromatic carbocycles. The minimum absolute atomic E-state index is 0.343. The van der Waals surface area contributed by atoms with Crippen molar-refractivity contribution in [2.24, 2.45) is 5.10 Å². The number of hydrazone groups is 1. The molecule has 6 heteroatoms. The van der Waals surface area contributed by atoms with Crippen LogP contribution in [0.5, 0.6) is 5.75 Å². The first-order valence-corrected chi connectivity index (χ1v) is 8.36. The lowest BCUT2D eigenvalue weighted by Gasteiger charge is -2.05. The number of nitrogens with zero attached hydrogens (tertiary/aromatic N) is 2. The smallest absolute Gasteiger partial charge is 0.289 e. The van der Waals surface area contributed by atoms with Crippen LogP contribution in [0.1, 0.15) is 29.9 Å². The van der Waals surface area contributed by atoms with E-state index in [2.05, 4.69) is 20.7 Å². The van der Waals surface area contributed by atoms with Crippen molar-refractivity contribution in [1.82, 2.24) is 15.6 Å². The molecule has 3 rings (SSSR count). The molecule has 1 heterocycles. The monoisotopic (exact) mass is 348 g/mol. The zero-order valence-corrected chi connectivity index (χ0v) is 14.7. The summed E-state index contributed by atoms with van der Waals surface area (Å²) in [5.74, 6) is 0.462. The lowest BCUT2D eigenvalue weighted by atomic mass is 10.1. The first-order valence-electron chi connectivity index (χ1n) is 8.36. The average Bonchev–Trinajstić information content (AvgIpc) is 3.18. The Kier molecular flexibility index (Phi) is 5.43. The van der Waals surface area contributed by atoms with Crippen molar-refractivity contribution in [3.8, 4) is 17.0 Å². The number of hydrogen-bond acceptors (Lipinski definition) is 4. The Morgan fingerprint density at radius 2 is 1.88 bits per heavy atom. The van der Waals surface area contributed by atoms with E-state index in [1.165, 1.54) is 0 Å². The summed E-state index contributed by atoms with van der Waals surface area (Å²) in [5.41, 5.74) is 6.16. The number of hydrogen-bond donors (Lipinski definition) is 2. The molecule has 0 aliphatic heterocycles. The number of benzene rings is 2. The Hall–Kier alpha value is -3.41. The lowest BCUT2D eigenvalue weighted by Crippen LogP contribution is -2.19. The van der Waals surface area contributed by atoms with Crippen LogP contribution in [0.2, 0.25) is 0 Å². The maximum Gasteiger partial charge on any atom is 0.289 e. The van der Waals surface area contributed by atoms with E-state index in [1.807, 2.05) is 68.4 Å². The van der Waals surface area contributed by atoms with Crippen LogP contribution in [0.15, 0.2) is 65.8 Å². The molecule has 0 fully saturated rings. The number of rotatable bonds is 6. The summed E-state index contributed by atoms with van der Waals surface area (Å²) in [5, 5.41) is 11.1. The Morgan fingerprint density at radius 1 is 1.15 bits per heavy atom. The predicted molar refractivity (Wildman–Crippen MR) is 101 cm³/mol. The van der Waals surface area contributed by atoms with E-state index in [0.717, 1.165) is 16.9 Å². The van der Waals surface area contributed by atoms with Gasteiger partial charge in [-0.3, -0.25) is 9.89 Å². The van der Waals surface area contributed by atoms with Crippen molar-refractivity contribution in [3.63, 3.8) is 0 Å². The van der Waals surface area contributed by atoms with Crippen molar-refractivity contribution in [3.05, 3.63) is 71.9 Å². The number of nitrogens with one attached hydrogen (secondary N) is 2. The van der Waals surface area contributed by atoms with E-state index < -0.39 is 0 Å². The molecular weight excluding hydrogens is 328 g/mol. The molecular formula is C20H20N4O2. The summed E-state index contributed by atoms with van der Waals surface area (Å²) in [6, 6.07) is 18.9. The second kappa shape index (κ2) is 8.11. The van der Waals surface area contributed by atoms with E-state index in [-0.39, 0.29) is 5.91 Å². The first kappa shape index (κ1) is 17.4. The van der Waals surface area contributed by atoms with E-state index in [0.29, 0.717) is 23.7 Å². The van der Waals surface area contributed by atoms with Gasteiger partial charge in [-0.25, -0.2) is 5.43 Å². The van der Waals surface area contributed by atoms with Crippen LogP contribution in [0.3, 0.4) is 0 Å². The van der Waals surface area contributed by atoms with Gasteiger partial charge < -0.3 is 4.74 Å². The molecule has 2 N–H and O–H groups in total. The van der Waals surface area contributed by atoms with E-state index in [9.17, 15) is 4.79 Å². The number of carbonyl (C=O) groups excluding carboxylic acids is 1. The topological polar surface area (TPSA) is 79.4 Å². The fourth-order valence-corrected chi connectivity index (χ4v) is 2.41. The Balaban J connectivity index is 1.66. The molecule has 0 aliphatic carbocycles. The lowest BCUT2D eigenvalue weighted by molar-refractivity contribution is 0.0950. The maximum absolute atomic E-state index is 12.3. The zero-order chi connectivity index (χ0) is 18.4. The molecule has 0 bridgehead atoms. The minimum Gasteiger partial charge on any atom is -0.494 e. The Bertz CT molecular complexity index is 899. The number of aromatic amines is 1. The summed E-state index contributed by atoms with van der Waals surface area (Å²) in [6.45, 7) is 4.39. The van der Waals surface area contributed by atoms with Crippen LogP contribution in [-0.2, 0) is 0 Å². The van der Waals surface area contributed by atoms with Gasteiger partial charge in [0.15, 0.2) is 0 Å². The fraction of sp³-hybridized carbons (Fsp3) is 0.150. The van der Waals surface area contributed by atoms with Crippen LogP contribution in [0.25, 0.3) is 11.3 Å². The van der Waals surface area contributed by atoms with Crippen LogP contribution in [0, 0.1) is 0 Å². The van der Waals surface area contributed by atoms with Gasteiger partial charge in [-0.15, -0.1) is 0 Å². The summed E-state index contributed by atoms with van der Waals surface area (Å²) in [7, 11) is 0. The summed E-state index contributed by atoms with van der Waals surface area (Å²) < 4.78 is 5.41. The molecule has 0 radical (unpaired) electrons. The molecule has 6 nitrogen and oxygen atoms in total. The quantitative estimate of drug-likeness (QED) is 0.527. The highest BCUT2D eigenvalue weighted by molar-refractivity contribution is 6.00. The van der Waals surface area contributed by atoms with Gasteiger partial charge in [0, 0.05) is 5.56 Å². The third kappa shape index (κ3) is 4.16. The molecule has 26 heavy (non-hydrogen) atoms.